The monoisotopic (exact) mass is 454 g/mol. The average molecular weight is 455 g/mol. The van der Waals surface area contributed by atoms with Crippen LogP contribution < -0.4 is 10.6 Å². The van der Waals surface area contributed by atoms with Gasteiger partial charge in [-0.2, -0.15) is 0 Å². The summed E-state index contributed by atoms with van der Waals surface area (Å²) in [5.74, 6) is 0. The molecule has 4 heteroatoms. The average Bonchev–Trinajstić information content (AvgIpc) is 2.51. The van der Waals surface area contributed by atoms with E-state index in [4.69, 9.17) is 0 Å². The molecule has 0 amide bonds. The van der Waals surface area contributed by atoms with Crippen LogP contribution in [0.3, 0.4) is 0 Å². The third-order valence-corrected chi connectivity index (χ3v) is 7.12. The molecule has 1 atom stereocenters. The molecule has 0 spiro atoms. The number of hydrogen-bond donors (Lipinski definition) is 2. The molecule has 0 bridgehead atoms. The zero-order valence-electron chi connectivity index (χ0n) is 24.9. The topological polar surface area (TPSA) is 30.5 Å². The Hall–Kier alpha value is -0.160. The van der Waals surface area contributed by atoms with Gasteiger partial charge in [0.25, 0.3) is 0 Å². The largest absolute Gasteiger partial charge is 0.309 e. The Morgan fingerprint density at radius 1 is 0.562 bits per heavy atom. The molecule has 32 heavy (non-hydrogen) atoms. The fourth-order valence-corrected chi connectivity index (χ4v) is 7.11. The van der Waals surface area contributed by atoms with Gasteiger partial charge in [0, 0.05) is 33.7 Å². The van der Waals surface area contributed by atoms with Gasteiger partial charge in [-0.15, -0.1) is 0 Å². The first-order valence-corrected chi connectivity index (χ1v) is 13.3. The second-order valence-electron chi connectivity index (χ2n) is 13.3. The van der Waals surface area contributed by atoms with Crippen molar-refractivity contribution in [2.24, 2.45) is 0 Å². The van der Waals surface area contributed by atoms with Gasteiger partial charge in [-0.1, -0.05) is 27.7 Å². The zero-order valence-corrected chi connectivity index (χ0v) is 24.9. The molecule has 0 aliphatic rings. The Morgan fingerprint density at radius 3 is 1.34 bits per heavy atom. The Bertz CT molecular complexity index is 526. The third kappa shape index (κ3) is 10.8. The number of nitrogens with one attached hydrogen (secondary N) is 2. The van der Waals surface area contributed by atoms with E-state index in [0.717, 1.165) is 45.4 Å². The molecule has 0 saturated carbocycles. The van der Waals surface area contributed by atoms with Crippen LogP contribution in [-0.4, -0.2) is 69.7 Å². The molecular formula is C28H62N4. The molecule has 194 valence electrons. The van der Waals surface area contributed by atoms with E-state index >= 15 is 0 Å². The molecule has 0 saturated heterocycles. The van der Waals surface area contributed by atoms with Crippen LogP contribution in [0.25, 0.3) is 0 Å². The van der Waals surface area contributed by atoms with E-state index in [1.165, 1.54) is 0 Å². The minimum atomic E-state index is 0.0352. The van der Waals surface area contributed by atoms with Crippen molar-refractivity contribution in [3.63, 3.8) is 0 Å². The third-order valence-electron chi connectivity index (χ3n) is 7.12. The van der Waals surface area contributed by atoms with Crippen molar-refractivity contribution in [2.75, 3.05) is 26.2 Å². The van der Waals surface area contributed by atoms with Crippen molar-refractivity contribution in [2.45, 2.75) is 157 Å². The van der Waals surface area contributed by atoms with Crippen LogP contribution in [-0.2, 0) is 0 Å². The Kier molecular flexibility index (Phi) is 11.9. The molecule has 0 aromatic heterocycles. The molecule has 0 radical (unpaired) electrons. The van der Waals surface area contributed by atoms with Crippen LogP contribution in [0.1, 0.15) is 123 Å². The SMILES string of the molecule is CCN(CC)C(C)(C)CC(C)NC(C)(C)CC(C)(C)NC(C)(C)CC(C)(C)N(CC)CC. The van der Waals surface area contributed by atoms with Crippen LogP contribution in [0.5, 0.6) is 0 Å². The molecule has 0 fully saturated rings. The number of rotatable bonds is 16. The normalized spacial score (nSPS) is 15.7. The van der Waals surface area contributed by atoms with Gasteiger partial charge < -0.3 is 10.6 Å². The Labute approximate surface area is 203 Å². The lowest BCUT2D eigenvalue weighted by Gasteiger charge is -2.48. The summed E-state index contributed by atoms with van der Waals surface area (Å²) in [5, 5.41) is 8.00. The maximum absolute atomic E-state index is 4.03. The predicted molar refractivity (Wildman–Crippen MR) is 146 cm³/mol. The van der Waals surface area contributed by atoms with Gasteiger partial charge in [-0.3, -0.25) is 9.80 Å². The zero-order chi connectivity index (χ0) is 25.6. The highest BCUT2D eigenvalue weighted by molar-refractivity contribution is 4.99. The van der Waals surface area contributed by atoms with E-state index in [1.54, 1.807) is 0 Å². The van der Waals surface area contributed by atoms with Gasteiger partial charge in [0.15, 0.2) is 0 Å². The van der Waals surface area contributed by atoms with E-state index < -0.39 is 0 Å². The van der Waals surface area contributed by atoms with Crippen molar-refractivity contribution in [1.29, 1.82) is 0 Å². The van der Waals surface area contributed by atoms with Crippen molar-refractivity contribution < 1.29 is 0 Å². The summed E-state index contributed by atoms with van der Waals surface area (Å²) in [4.78, 5) is 5.15. The molecule has 0 rings (SSSR count). The summed E-state index contributed by atoms with van der Waals surface area (Å²) < 4.78 is 0. The maximum Gasteiger partial charge on any atom is 0.0170 e. The van der Waals surface area contributed by atoms with E-state index in [2.05, 4.69) is 124 Å². The molecular weight excluding hydrogens is 392 g/mol. The summed E-state index contributed by atoms with van der Waals surface area (Å²) in [6.07, 6.45) is 3.34. The van der Waals surface area contributed by atoms with Gasteiger partial charge in [-0.25, -0.2) is 0 Å². The molecule has 0 heterocycles. The number of nitrogens with zero attached hydrogens (tertiary/aromatic N) is 2. The molecule has 2 N–H and O–H groups in total. The highest BCUT2D eigenvalue weighted by Gasteiger charge is 2.38. The van der Waals surface area contributed by atoms with Crippen LogP contribution in [0.2, 0.25) is 0 Å². The first kappa shape index (κ1) is 31.8. The number of hydrogen-bond acceptors (Lipinski definition) is 4. The molecule has 1 unspecified atom stereocenters. The first-order chi connectivity index (χ1) is 14.3. The smallest absolute Gasteiger partial charge is 0.0170 e. The van der Waals surface area contributed by atoms with Crippen molar-refractivity contribution in [3.8, 4) is 0 Å². The molecule has 0 aromatic carbocycles. The lowest BCUT2D eigenvalue weighted by molar-refractivity contribution is 0.0786. The highest BCUT2D eigenvalue weighted by Crippen LogP contribution is 2.30. The van der Waals surface area contributed by atoms with Gasteiger partial charge in [-0.05, 0) is 122 Å². The first-order valence-electron chi connectivity index (χ1n) is 13.3. The van der Waals surface area contributed by atoms with Crippen molar-refractivity contribution in [3.05, 3.63) is 0 Å². The van der Waals surface area contributed by atoms with Gasteiger partial charge in [0.1, 0.15) is 0 Å². The summed E-state index contributed by atoms with van der Waals surface area (Å²) >= 11 is 0. The lowest BCUT2D eigenvalue weighted by Crippen LogP contribution is -2.61. The quantitative estimate of drug-likeness (QED) is 0.286. The van der Waals surface area contributed by atoms with Crippen LogP contribution >= 0.6 is 0 Å². The summed E-state index contributed by atoms with van der Waals surface area (Å²) in [6, 6.07) is 0.464. The molecule has 0 aromatic rings. The maximum atomic E-state index is 4.03. The Balaban J connectivity index is 5.15. The predicted octanol–water partition coefficient (Wildman–Crippen LogP) is 6.30. The standard InChI is InChI=1S/C28H62N4/c1-16-31(17-2)27(12,13)20-23(5)29-24(6,7)21-25(8,9)30-26(10,11)22-28(14,15)32(18-3)19-4/h23,29-30H,16-22H2,1-15H3. The van der Waals surface area contributed by atoms with Crippen LogP contribution in [0.15, 0.2) is 0 Å². The van der Waals surface area contributed by atoms with Gasteiger partial charge >= 0.3 is 0 Å². The summed E-state index contributed by atoms with van der Waals surface area (Å²) in [5.41, 5.74) is 0.529. The second-order valence-corrected chi connectivity index (χ2v) is 13.3. The Morgan fingerprint density at radius 2 is 0.938 bits per heavy atom. The molecule has 0 aliphatic carbocycles. The summed E-state index contributed by atoms with van der Waals surface area (Å²) in [7, 11) is 0. The summed E-state index contributed by atoms with van der Waals surface area (Å²) in [6.45, 7) is 39.6. The fraction of sp³-hybridized carbons (Fsp3) is 1.00. The highest BCUT2D eigenvalue weighted by atomic mass is 15.2. The van der Waals surface area contributed by atoms with E-state index in [-0.39, 0.29) is 27.7 Å². The van der Waals surface area contributed by atoms with E-state index in [0.29, 0.717) is 6.04 Å². The fourth-order valence-electron chi connectivity index (χ4n) is 7.11. The molecule has 4 nitrogen and oxygen atoms in total. The van der Waals surface area contributed by atoms with Crippen molar-refractivity contribution >= 4 is 0 Å². The van der Waals surface area contributed by atoms with E-state index in [9.17, 15) is 0 Å². The lowest BCUT2D eigenvalue weighted by atomic mass is 9.80. The minimum absolute atomic E-state index is 0.0352. The van der Waals surface area contributed by atoms with Crippen LogP contribution in [0.4, 0.5) is 0 Å². The van der Waals surface area contributed by atoms with E-state index in [1.807, 2.05) is 0 Å². The second kappa shape index (κ2) is 12.0. The van der Waals surface area contributed by atoms with Gasteiger partial charge in [0.05, 0.1) is 0 Å². The molecule has 0 aliphatic heterocycles. The van der Waals surface area contributed by atoms with Crippen LogP contribution in [0, 0.1) is 0 Å². The minimum Gasteiger partial charge on any atom is -0.309 e. The van der Waals surface area contributed by atoms with Crippen molar-refractivity contribution in [1.82, 2.24) is 20.4 Å². The van der Waals surface area contributed by atoms with Gasteiger partial charge in [0.2, 0.25) is 0 Å².